The molecule has 0 amide bonds. The van der Waals surface area contributed by atoms with Gasteiger partial charge in [-0.1, -0.05) is 54.5 Å². The number of aliphatic hydroxyl groups is 12. The van der Waals surface area contributed by atoms with Gasteiger partial charge in [-0.2, -0.15) is 0 Å². The van der Waals surface area contributed by atoms with Crippen molar-refractivity contribution in [3.63, 3.8) is 0 Å². The normalized spacial score (nSPS) is 54.9. The Morgan fingerprint density at radius 1 is 0.636 bits per heavy atom. The number of fused-ring (bicyclic) bond motifs is 5. The van der Waals surface area contributed by atoms with Crippen LogP contribution in [0.1, 0.15) is 99.8 Å². The zero-order valence-corrected chi connectivity index (χ0v) is 44.6. The topological polar surface area (TPSA) is 380 Å². The summed E-state index contributed by atoms with van der Waals surface area (Å²) >= 11 is 0. The summed E-state index contributed by atoms with van der Waals surface area (Å²) in [6.45, 7) is 13.0. The molecule has 6 aliphatic heterocycles. The van der Waals surface area contributed by atoms with Crippen LogP contribution in [0.5, 0.6) is 0 Å². The number of esters is 1. The van der Waals surface area contributed by atoms with Crippen molar-refractivity contribution in [1.29, 1.82) is 0 Å². The van der Waals surface area contributed by atoms with Crippen molar-refractivity contribution in [2.75, 3.05) is 19.8 Å². The number of carbonyl (C=O) groups is 2. The van der Waals surface area contributed by atoms with Crippen LogP contribution in [0.4, 0.5) is 0 Å². The van der Waals surface area contributed by atoms with Crippen molar-refractivity contribution in [1.82, 2.24) is 0 Å². The second kappa shape index (κ2) is 20.3. The van der Waals surface area contributed by atoms with Gasteiger partial charge < -0.3 is 109 Å². The summed E-state index contributed by atoms with van der Waals surface area (Å²) in [5.41, 5.74) is -3.20. The van der Waals surface area contributed by atoms with Gasteiger partial charge in [-0.3, -0.25) is 4.79 Å². The van der Waals surface area contributed by atoms with Crippen LogP contribution >= 0.6 is 0 Å². The van der Waals surface area contributed by atoms with Gasteiger partial charge in [-0.05, 0) is 85.0 Å². The van der Waals surface area contributed by atoms with E-state index < -0.39 is 188 Å². The van der Waals surface area contributed by atoms with E-state index in [2.05, 4.69) is 54.5 Å². The first-order valence-corrected chi connectivity index (χ1v) is 27.4. The molecule has 10 fully saturated rings. The molecule has 2 spiro atoms. The summed E-state index contributed by atoms with van der Waals surface area (Å²) in [5, 5.41) is 139. The van der Waals surface area contributed by atoms with E-state index in [4.69, 9.17) is 42.6 Å². The highest BCUT2D eigenvalue weighted by Gasteiger charge is 2.79. The Labute approximate surface area is 446 Å². The minimum absolute atomic E-state index is 0.0374. The van der Waals surface area contributed by atoms with E-state index in [-0.39, 0.29) is 29.1 Å². The average molecular weight is 1100 g/mol. The molecule has 24 nitrogen and oxygen atoms in total. The largest absolute Gasteiger partial charge is 0.479 e. The van der Waals surface area contributed by atoms with Crippen LogP contribution in [0.25, 0.3) is 0 Å². The first-order valence-electron chi connectivity index (χ1n) is 27.4. The molecule has 0 aromatic rings. The summed E-state index contributed by atoms with van der Waals surface area (Å²) in [6, 6.07) is 0. The maximum atomic E-state index is 15.2. The minimum Gasteiger partial charge on any atom is -0.479 e. The lowest BCUT2D eigenvalue weighted by atomic mass is 9.33. The Kier molecular flexibility index (Phi) is 15.3. The SMILES string of the molecule is C[C@H]1C[C@]23C(=O)O[C@@]14C(=CC[C@@H]1[C@@]5(C)CC[C@H](O[C@@H]6O[C@H](C(=O)O)[C@@H](O)[C@H](O[C@@H]7OC[C@@H](O)[C@H](O)[C@H]7O)[C@H]6O[C@@H]6O[C@H](CO)[C@@H](O)[C@H](O)[C@H]6O)C(C)(C)[C@@H]5CC[C@]14C)[C@H]2CC(C)(C)C[C@@H]3O[C@@H]1O[C@H](CO)[C@@H](O)[C@H](O)[C@H]1O. The molecule has 11 rings (SSSR count). The molecule has 29 atom stereocenters. The van der Waals surface area contributed by atoms with Gasteiger partial charge in [0.25, 0.3) is 0 Å². The first-order chi connectivity index (χ1) is 36.0. The average Bonchev–Trinajstić information content (AvgIpc) is 3.36. The zero-order valence-electron chi connectivity index (χ0n) is 44.6. The molecule has 24 heteroatoms. The van der Waals surface area contributed by atoms with E-state index in [0.29, 0.717) is 51.4 Å². The first kappa shape index (κ1) is 58.1. The van der Waals surface area contributed by atoms with Gasteiger partial charge in [-0.25, -0.2) is 4.79 Å². The lowest BCUT2D eigenvalue weighted by Crippen LogP contribution is -2.78. The van der Waals surface area contributed by atoms with Crippen LogP contribution in [-0.2, 0) is 52.2 Å². The number of allylic oxidation sites excluding steroid dienone is 1. The molecule has 5 aliphatic carbocycles. The highest BCUT2D eigenvalue weighted by molar-refractivity contribution is 5.83. The summed E-state index contributed by atoms with van der Waals surface area (Å²) in [5.74, 6) is -2.65. The molecule has 0 unspecified atom stereocenters. The molecule has 0 aromatic carbocycles. The summed E-state index contributed by atoms with van der Waals surface area (Å²) in [7, 11) is 0. The molecule has 4 saturated carbocycles. The molecule has 6 saturated heterocycles. The van der Waals surface area contributed by atoms with Crippen LogP contribution in [0, 0.1) is 50.7 Å². The molecule has 0 aromatic heterocycles. The molecule has 6 heterocycles. The van der Waals surface area contributed by atoms with E-state index in [1.165, 1.54) is 0 Å². The minimum atomic E-state index is -2.11. The fraction of sp³-hybridized carbons (Fsp3) is 0.925. The summed E-state index contributed by atoms with van der Waals surface area (Å²) < 4.78 is 56.0. The zero-order chi connectivity index (χ0) is 56.0. The molecule has 2 bridgehead atoms. The second-order valence-electron chi connectivity index (χ2n) is 26.1. The molecule has 13 N–H and O–H groups in total. The number of aliphatic hydroxyl groups excluding tert-OH is 12. The maximum absolute atomic E-state index is 15.2. The van der Waals surface area contributed by atoms with Crippen LogP contribution in [0.15, 0.2) is 11.6 Å². The highest BCUT2D eigenvalue weighted by atomic mass is 16.8. The lowest BCUT2D eigenvalue weighted by molar-refractivity contribution is -0.392. The number of aliphatic carboxylic acids is 1. The fourth-order valence-electron chi connectivity index (χ4n) is 17.1. The van der Waals surface area contributed by atoms with Gasteiger partial charge in [0.15, 0.2) is 31.3 Å². The third-order valence-corrected chi connectivity index (χ3v) is 21.0. The monoisotopic (exact) mass is 1100 g/mol. The molecular formula is C53H82O24. The van der Waals surface area contributed by atoms with Crippen molar-refractivity contribution < 1.29 is 119 Å². The Morgan fingerprint density at radius 3 is 1.83 bits per heavy atom. The third kappa shape index (κ3) is 8.75. The Balaban J connectivity index is 0.949. The van der Waals surface area contributed by atoms with Gasteiger partial charge in [-0.15, -0.1) is 0 Å². The number of carboxylic acid groups (broad SMARTS) is 1. The summed E-state index contributed by atoms with van der Waals surface area (Å²) in [4.78, 5) is 28.1. The molecule has 11 aliphatic rings. The van der Waals surface area contributed by atoms with E-state index in [0.717, 1.165) is 5.57 Å². The smallest absolute Gasteiger partial charge is 0.335 e. The highest BCUT2D eigenvalue weighted by Crippen LogP contribution is 2.77. The van der Waals surface area contributed by atoms with Gasteiger partial charge in [0, 0.05) is 17.3 Å². The van der Waals surface area contributed by atoms with Gasteiger partial charge in [0.1, 0.15) is 96.5 Å². The second-order valence-corrected chi connectivity index (χ2v) is 26.1. The fourth-order valence-corrected chi connectivity index (χ4v) is 17.1. The Morgan fingerprint density at radius 2 is 1.22 bits per heavy atom. The van der Waals surface area contributed by atoms with Gasteiger partial charge >= 0.3 is 11.9 Å². The lowest BCUT2D eigenvalue weighted by Gasteiger charge is -2.75. The van der Waals surface area contributed by atoms with E-state index in [1.807, 2.05) is 0 Å². The van der Waals surface area contributed by atoms with Crippen molar-refractivity contribution in [2.45, 2.75) is 234 Å². The number of carboxylic acids is 1. The van der Waals surface area contributed by atoms with Crippen molar-refractivity contribution in [2.24, 2.45) is 50.7 Å². The molecular weight excluding hydrogens is 1020 g/mol. The third-order valence-electron chi connectivity index (χ3n) is 21.0. The van der Waals surface area contributed by atoms with Crippen LogP contribution in [0.2, 0.25) is 0 Å². The molecule has 0 radical (unpaired) electrons. The molecule has 77 heavy (non-hydrogen) atoms. The number of ether oxygens (including phenoxy) is 9. The number of rotatable bonds is 11. The van der Waals surface area contributed by atoms with Crippen molar-refractivity contribution in [3.05, 3.63) is 11.6 Å². The van der Waals surface area contributed by atoms with E-state index >= 15 is 4.79 Å². The maximum Gasteiger partial charge on any atom is 0.335 e. The van der Waals surface area contributed by atoms with E-state index in [1.54, 1.807) is 0 Å². The van der Waals surface area contributed by atoms with Crippen LogP contribution in [0.3, 0.4) is 0 Å². The van der Waals surface area contributed by atoms with Crippen LogP contribution in [-0.4, -0.2) is 233 Å². The predicted octanol–water partition coefficient (Wildman–Crippen LogP) is -2.32. The standard InChI is InChI=1S/C53H82O24/c1-20-14-52-22(15-48(2,3)16-29(52)73-44-36(63)33(60)31(58)24(17-54)70-44)21-8-9-27-50(6)12-11-28(49(4,5)26(50)10-13-51(27,7)53(20,21)77-47(52)68)72-46-41(76-45-37(64)34(61)32(59)25(18-55)71-45)39(38(65)40(75-46)42(66)67)74-43-35(62)30(57)23(56)19-69-43/h8,20,22-41,43-46,54-65H,9-19H2,1-7H3,(H,66,67)/t20-,22+,23+,24+,25+,26-,27+,28-,29-,30-,31+,32+,33-,34-,35+,36+,37+,38-,39-,40-,41+,43-,44-,45-,46+,50-,51+,52-,53+/m0/s1. The number of carbonyl (C=O) groups excluding carboxylic acids is 1. The Bertz CT molecular complexity index is 2230. The molecule has 438 valence electrons. The predicted molar refractivity (Wildman–Crippen MR) is 257 cm³/mol. The quantitative estimate of drug-likeness (QED) is 0.0587. The van der Waals surface area contributed by atoms with Crippen LogP contribution < -0.4 is 0 Å². The van der Waals surface area contributed by atoms with Crippen molar-refractivity contribution in [3.8, 4) is 0 Å². The van der Waals surface area contributed by atoms with Gasteiger partial charge in [0.2, 0.25) is 0 Å². The van der Waals surface area contributed by atoms with E-state index in [9.17, 15) is 71.2 Å². The van der Waals surface area contributed by atoms with Crippen molar-refractivity contribution >= 4 is 11.9 Å². The van der Waals surface area contributed by atoms with Gasteiger partial charge in [0.05, 0.1) is 32.0 Å². The Hall–Kier alpha value is -2.12. The summed E-state index contributed by atoms with van der Waals surface area (Å²) in [6.07, 6.45) is -28.0. The number of hydrogen-bond donors (Lipinski definition) is 13. The number of hydrogen-bond acceptors (Lipinski definition) is 23.